The summed E-state index contributed by atoms with van der Waals surface area (Å²) in [6, 6.07) is 4.12. The molecule has 2 rings (SSSR count). The molecule has 0 atom stereocenters. The Morgan fingerprint density at radius 1 is 1.21 bits per heavy atom. The van der Waals surface area contributed by atoms with Gasteiger partial charge in [0, 0.05) is 21.6 Å². The van der Waals surface area contributed by atoms with Crippen molar-refractivity contribution in [3.05, 3.63) is 34.4 Å². The van der Waals surface area contributed by atoms with E-state index in [1.807, 2.05) is 0 Å². The van der Waals surface area contributed by atoms with Gasteiger partial charge in [-0.05, 0) is 18.2 Å². The smallest absolute Gasteiger partial charge is 0.361 e. The topological polar surface area (TPSA) is 15.8 Å². The van der Waals surface area contributed by atoms with Crippen LogP contribution in [0.4, 0.5) is 13.2 Å². The molecule has 0 aliphatic heterocycles. The molecule has 74 valence electrons. The number of hydrogen-bond donors (Lipinski definition) is 1. The van der Waals surface area contributed by atoms with E-state index in [9.17, 15) is 13.2 Å². The van der Waals surface area contributed by atoms with Gasteiger partial charge < -0.3 is 4.98 Å². The van der Waals surface area contributed by atoms with Gasteiger partial charge in [-0.25, -0.2) is 0 Å². The van der Waals surface area contributed by atoms with Crippen molar-refractivity contribution in [2.45, 2.75) is 6.18 Å². The first kappa shape index (κ1) is 9.58. The summed E-state index contributed by atoms with van der Waals surface area (Å²) in [4.78, 5) is 2.74. The fourth-order valence-electron chi connectivity index (χ4n) is 1.37. The van der Waals surface area contributed by atoms with Crippen LogP contribution < -0.4 is 0 Å². The van der Waals surface area contributed by atoms with Crippen LogP contribution in [0.15, 0.2) is 28.9 Å². The molecule has 0 bridgehead atoms. The van der Waals surface area contributed by atoms with E-state index in [2.05, 4.69) is 20.9 Å². The Morgan fingerprint density at radius 3 is 2.57 bits per heavy atom. The standard InChI is InChI=1S/C9H5BrF3N/c10-5-3-7(9(11,12)13)6-1-2-14-8(6)4-5/h1-4,14H. The van der Waals surface area contributed by atoms with Gasteiger partial charge in [-0.2, -0.15) is 13.2 Å². The van der Waals surface area contributed by atoms with Gasteiger partial charge in [-0.3, -0.25) is 0 Å². The lowest BCUT2D eigenvalue weighted by molar-refractivity contribution is -0.136. The van der Waals surface area contributed by atoms with Crippen LogP contribution in [0.1, 0.15) is 5.56 Å². The fraction of sp³-hybridized carbons (Fsp3) is 0.111. The zero-order valence-corrected chi connectivity index (χ0v) is 8.41. The summed E-state index contributed by atoms with van der Waals surface area (Å²) in [6.45, 7) is 0. The Labute approximate surface area is 86.1 Å². The van der Waals surface area contributed by atoms with Gasteiger partial charge in [0.05, 0.1) is 5.56 Å². The van der Waals surface area contributed by atoms with Gasteiger partial charge in [0.2, 0.25) is 0 Å². The van der Waals surface area contributed by atoms with Gasteiger partial charge >= 0.3 is 6.18 Å². The molecule has 5 heteroatoms. The minimum atomic E-state index is -4.32. The average molecular weight is 264 g/mol. The number of H-pyrrole nitrogens is 1. The summed E-state index contributed by atoms with van der Waals surface area (Å²) in [7, 11) is 0. The second kappa shape index (κ2) is 3.02. The third-order valence-corrected chi connectivity index (χ3v) is 2.40. The van der Waals surface area contributed by atoms with E-state index in [4.69, 9.17) is 0 Å². The maximum atomic E-state index is 12.5. The summed E-state index contributed by atoms with van der Waals surface area (Å²) in [5.74, 6) is 0. The largest absolute Gasteiger partial charge is 0.417 e. The highest BCUT2D eigenvalue weighted by molar-refractivity contribution is 9.10. The SMILES string of the molecule is FC(F)(F)c1cc(Br)cc2[nH]ccc12. The van der Waals surface area contributed by atoms with Gasteiger partial charge in [0.15, 0.2) is 0 Å². The predicted molar refractivity (Wildman–Crippen MR) is 51.0 cm³/mol. The molecule has 14 heavy (non-hydrogen) atoms. The highest BCUT2D eigenvalue weighted by Gasteiger charge is 2.33. The van der Waals surface area contributed by atoms with Crippen LogP contribution in [0.2, 0.25) is 0 Å². The van der Waals surface area contributed by atoms with Crippen LogP contribution in [0, 0.1) is 0 Å². The summed E-state index contributed by atoms with van der Waals surface area (Å²) >= 11 is 3.04. The van der Waals surface area contributed by atoms with Crippen molar-refractivity contribution >= 4 is 26.8 Å². The molecule has 2 aromatic rings. The Bertz CT molecular complexity index is 472. The first-order valence-electron chi connectivity index (χ1n) is 3.82. The molecule has 1 heterocycles. The highest BCUT2D eigenvalue weighted by atomic mass is 79.9. The number of halogens is 4. The molecular weight excluding hydrogens is 259 g/mol. The average Bonchev–Trinajstić information content (AvgIpc) is 2.47. The van der Waals surface area contributed by atoms with E-state index in [1.54, 1.807) is 6.07 Å². The lowest BCUT2D eigenvalue weighted by Crippen LogP contribution is -2.05. The number of nitrogens with one attached hydrogen (secondary N) is 1. The quantitative estimate of drug-likeness (QED) is 0.741. The fourth-order valence-corrected chi connectivity index (χ4v) is 1.82. The van der Waals surface area contributed by atoms with E-state index in [0.29, 0.717) is 9.99 Å². The van der Waals surface area contributed by atoms with E-state index >= 15 is 0 Å². The van der Waals surface area contributed by atoms with Gasteiger partial charge in [-0.15, -0.1) is 0 Å². The molecule has 0 spiro atoms. The third-order valence-electron chi connectivity index (χ3n) is 1.94. The molecule has 0 radical (unpaired) electrons. The first-order chi connectivity index (χ1) is 6.48. The lowest BCUT2D eigenvalue weighted by Gasteiger charge is -2.08. The molecule has 1 aromatic heterocycles. The summed E-state index contributed by atoms with van der Waals surface area (Å²) in [5, 5.41) is 0.195. The van der Waals surface area contributed by atoms with E-state index in [0.717, 1.165) is 6.07 Å². The maximum Gasteiger partial charge on any atom is 0.417 e. The zero-order valence-electron chi connectivity index (χ0n) is 6.82. The molecule has 0 amide bonds. The second-order valence-electron chi connectivity index (χ2n) is 2.89. The van der Waals surface area contributed by atoms with Crippen LogP contribution in [-0.2, 0) is 6.18 Å². The van der Waals surface area contributed by atoms with E-state index in [1.165, 1.54) is 12.3 Å². The number of benzene rings is 1. The molecule has 0 unspecified atom stereocenters. The normalized spacial score (nSPS) is 12.3. The van der Waals surface area contributed by atoms with E-state index in [-0.39, 0.29) is 5.39 Å². The van der Waals surface area contributed by atoms with Crippen molar-refractivity contribution in [1.82, 2.24) is 4.98 Å². The molecule has 0 aliphatic rings. The number of aromatic amines is 1. The predicted octanol–water partition coefficient (Wildman–Crippen LogP) is 3.95. The van der Waals surface area contributed by atoms with Crippen molar-refractivity contribution < 1.29 is 13.2 Å². The van der Waals surface area contributed by atoms with Crippen LogP contribution in [-0.4, -0.2) is 4.98 Å². The molecule has 0 saturated carbocycles. The zero-order chi connectivity index (χ0) is 10.3. The van der Waals surface area contributed by atoms with Gasteiger partial charge in [-0.1, -0.05) is 15.9 Å². The number of aromatic nitrogens is 1. The van der Waals surface area contributed by atoms with E-state index < -0.39 is 11.7 Å². The van der Waals surface area contributed by atoms with Crippen LogP contribution >= 0.6 is 15.9 Å². The molecule has 1 N–H and O–H groups in total. The van der Waals surface area contributed by atoms with Crippen LogP contribution in [0.3, 0.4) is 0 Å². The van der Waals surface area contributed by atoms with Gasteiger partial charge in [0.25, 0.3) is 0 Å². The number of hydrogen-bond acceptors (Lipinski definition) is 0. The van der Waals surface area contributed by atoms with Crippen molar-refractivity contribution in [1.29, 1.82) is 0 Å². The van der Waals surface area contributed by atoms with Crippen molar-refractivity contribution in [2.24, 2.45) is 0 Å². The number of rotatable bonds is 0. The maximum absolute atomic E-state index is 12.5. The Morgan fingerprint density at radius 2 is 1.93 bits per heavy atom. The Hall–Kier alpha value is -0.970. The molecule has 0 aliphatic carbocycles. The van der Waals surface area contributed by atoms with Gasteiger partial charge in [0.1, 0.15) is 0 Å². The van der Waals surface area contributed by atoms with Crippen molar-refractivity contribution in [2.75, 3.05) is 0 Å². The summed E-state index contributed by atoms with van der Waals surface area (Å²) in [6.07, 6.45) is -2.82. The summed E-state index contributed by atoms with van der Waals surface area (Å²) in [5.41, 5.74) is -0.144. The molecular formula is C9H5BrF3N. The van der Waals surface area contributed by atoms with Crippen molar-refractivity contribution in [3.63, 3.8) is 0 Å². The molecule has 0 saturated heterocycles. The monoisotopic (exact) mass is 263 g/mol. The van der Waals surface area contributed by atoms with Crippen molar-refractivity contribution in [3.8, 4) is 0 Å². The first-order valence-corrected chi connectivity index (χ1v) is 4.61. The molecule has 1 nitrogen and oxygen atoms in total. The van der Waals surface area contributed by atoms with Crippen LogP contribution in [0.5, 0.6) is 0 Å². The van der Waals surface area contributed by atoms with Crippen LogP contribution in [0.25, 0.3) is 10.9 Å². The minimum Gasteiger partial charge on any atom is -0.361 e. The summed E-state index contributed by atoms with van der Waals surface area (Å²) < 4.78 is 38.0. The Kier molecular flexibility index (Phi) is 2.06. The Balaban J connectivity index is 2.80. The second-order valence-corrected chi connectivity index (χ2v) is 3.81. The molecule has 1 aromatic carbocycles. The minimum absolute atomic E-state index is 0.195. The lowest BCUT2D eigenvalue weighted by atomic mass is 10.1. The number of alkyl halides is 3. The highest BCUT2D eigenvalue weighted by Crippen LogP contribution is 2.36. The molecule has 0 fully saturated rings. The third kappa shape index (κ3) is 1.52. The number of fused-ring (bicyclic) bond motifs is 1.